The summed E-state index contributed by atoms with van der Waals surface area (Å²) in [5.74, 6) is -2.66. The summed E-state index contributed by atoms with van der Waals surface area (Å²) in [6.07, 6.45) is 0.0658. The van der Waals surface area contributed by atoms with Gasteiger partial charge < -0.3 is 9.47 Å². The van der Waals surface area contributed by atoms with Crippen molar-refractivity contribution >= 4 is 12.4 Å². The summed E-state index contributed by atoms with van der Waals surface area (Å²) in [4.78, 5) is 15.4. The van der Waals surface area contributed by atoms with E-state index in [4.69, 9.17) is 9.47 Å². The van der Waals surface area contributed by atoms with Gasteiger partial charge in [-0.15, -0.1) is 0 Å². The van der Waals surface area contributed by atoms with E-state index in [0.29, 0.717) is 0 Å². The minimum Gasteiger partial charge on any atom is -0.473 e. The van der Waals surface area contributed by atoms with Crippen molar-refractivity contribution < 1.29 is 23.0 Å². The molecule has 4 nitrogen and oxygen atoms in total. The molecule has 0 aromatic heterocycles. The van der Waals surface area contributed by atoms with Gasteiger partial charge in [-0.05, 0) is 13.0 Å². The summed E-state index contributed by atoms with van der Waals surface area (Å²) in [5, 5.41) is 0. The van der Waals surface area contributed by atoms with Gasteiger partial charge in [0.15, 0.2) is 30.2 Å². The van der Waals surface area contributed by atoms with Crippen LogP contribution in [-0.2, 0) is 14.3 Å². The minimum absolute atomic E-state index is 0.0504. The highest BCUT2D eigenvalue weighted by atomic mass is 19.2. The summed E-state index contributed by atoms with van der Waals surface area (Å²) in [6.45, 7) is 1.83. The minimum atomic E-state index is -1.04. The smallest absolute Gasteiger partial charge is 0.335 e. The second kappa shape index (κ2) is 5.12. The van der Waals surface area contributed by atoms with Crippen molar-refractivity contribution in [1.82, 2.24) is 0 Å². The van der Waals surface area contributed by atoms with Crippen molar-refractivity contribution in [1.29, 1.82) is 0 Å². The molecule has 1 aromatic carbocycles. The predicted octanol–water partition coefficient (Wildman–Crippen LogP) is 2.00. The lowest BCUT2D eigenvalue weighted by atomic mass is 10.0. The number of carbonyl (C=O) groups is 1. The Labute approximate surface area is 102 Å². The van der Waals surface area contributed by atoms with Crippen LogP contribution in [0.5, 0.6) is 0 Å². The molecule has 96 valence electrons. The molecule has 0 N–H and O–H groups in total. The Morgan fingerprint density at radius 2 is 2.28 bits per heavy atom. The molecule has 0 aliphatic carbocycles. The second-order valence-electron chi connectivity index (χ2n) is 3.65. The van der Waals surface area contributed by atoms with E-state index in [1.165, 1.54) is 12.1 Å². The highest BCUT2D eigenvalue weighted by Gasteiger charge is 2.37. The molecule has 18 heavy (non-hydrogen) atoms. The molecule has 1 aliphatic rings. The summed E-state index contributed by atoms with van der Waals surface area (Å²) in [7, 11) is 0. The first kappa shape index (κ1) is 12.5. The SMILES string of the molecule is CCOC(=O)C1N=COC1c1cccc(F)c1F. The maximum atomic E-state index is 13.6. The van der Waals surface area contributed by atoms with Crippen LogP contribution in [0.4, 0.5) is 8.78 Å². The van der Waals surface area contributed by atoms with Crippen LogP contribution < -0.4 is 0 Å². The first-order chi connectivity index (χ1) is 8.65. The third-order valence-electron chi connectivity index (χ3n) is 2.53. The molecule has 0 saturated carbocycles. The van der Waals surface area contributed by atoms with Crippen LogP contribution in [0.1, 0.15) is 18.6 Å². The average Bonchev–Trinajstić information content (AvgIpc) is 2.82. The number of esters is 1. The summed E-state index contributed by atoms with van der Waals surface area (Å²) in [6, 6.07) is 2.69. The van der Waals surface area contributed by atoms with Gasteiger partial charge in [0.2, 0.25) is 0 Å². The number of hydrogen-bond acceptors (Lipinski definition) is 4. The van der Waals surface area contributed by atoms with Crippen molar-refractivity contribution in [3.63, 3.8) is 0 Å². The molecule has 2 rings (SSSR count). The Kier molecular flexibility index (Phi) is 3.55. The van der Waals surface area contributed by atoms with E-state index in [-0.39, 0.29) is 12.2 Å². The lowest BCUT2D eigenvalue weighted by Gasteiger charge is -2.16. The Morgan fingerprint density at radius 1 is 1.50 bits per heavy atom. The van der Waals surface area contributed by atoms with Gasteiger partial charge in [0, 0.05) is 5.56 Å². The molecule has 1 aliphatic heterocycles. The summed E-state index contributed by atoms with van der Waals surface area (Å²) >= 11 is 0. The van der Waals surface area contributed by atoms with Gasteiger partial charge in [-0.1, -0.05) is 12.1 Å². The zero-order valence-corrected chi connectivity index (χ0v) is 9.60. The van der Waals surface area contributed by atoms with E-state index in [1.807, 2.05) is 0 Å². The van der Waals surface area contributed by atoms with Crippen molar-refractivity contribution in [2.24, 2.45) is 4.99 Å². The van der Waals surface area contributed by atoms with Crippen molar-refractivity contribution in [2.45, 2.75) is 19.1 Å². The zero-order valence-electron chi connectivity index (χ0n) is 9.60. The normalized spacial score (nSPS) is 21.7. The van der Waals surface area contributed by atoms with Gasteiger partial charge in [-0.3, -0.25) is 0 Å². The maximum absolute atomic E-state index is 13.6. The molecule has 0 bridgehead atoms. The number of halogens is 2. The van der Waals surface area contributed by atoms with Gasteiger partial charge in [0.25, 0.3) is 0 Å². The molecule has 1 aromatic rings. The topological polar surface area (TPSA) is 47.9 Å². The second-order valence-corrected chi connectivity index (χ2v) is 3.65. The lowest BCUT2D eigenvalue weighted by Crippen LogP contribution is -2.27. The van der Waals surface area contributed by atoms with E-state index in [0.717, 1.165) is 12.5 Å². The molecule has 0 fully saturated rings. The van der Waals surface area contributed by atoms with Crippen LogP contribution in [0, 0.1) is 11.6 Å². The molecule has 0 spiro atoms. The Balaban J connectivity index is 2.28. The number of aliphatic imine (C=N–C) groups is 1. The van der Waals surface area contributed by atoms with Crippen LogP contribution in [0.2, 0.25) is 0 Å². The van der Waals surface area contributed by atoms with E-state index in [2.05, 4.69) is 4.99 Å². The first-order valence-corrected chi connectivity index (χ1v) is 5.42. The van der Waals surface area contributed by atoms with E-state index in [9.17, 15) is 13.6 Å². The monoisotopic (exact) mass is 255 g/mol. The molecule has 0 radical (unpaired) electrons. The van der Waals surface area contributed by atoms with Crippen molar-refractivity contribution in [3.05, 3.63) is 35.4 Å². The van der Waals surface area contributed by atoms with E-state index < -0.39 is 29.7 Å². The van der Waals surface area contributed by atoms with Crippen LogP contribution in [0.15, 0.2) is 23.2 Å². The standard InChI is InChI=1S/C12H11F2NO3/c1-2-17-12(16)10-11(18-6-15-10)7-4-3-5-8(13)9(7)14/h3-6,10-11H,2H2,1H3. The molecule has 2 atom stereocenters. The van der Waals surface area contributed by atoms with E-state index in [1.54, 1.807) is 6.92 Å². The summed E-state index contributed by atoms with van der Waals surface area (Å²) in [5.41, 5.74) is -0.0504. The number of benzene rings is 1. The highest BCUT2D eigenvalue weighted by Crippen LogP contribution is 2.30. The van der Waals surface area contributed by atoms with E-state index >= 15 is 0 Å². The quantitative estimate of drug-likeness (QED) is 0.776. The number of hydrogen-bond donors (Lipinski definition) is 0. The Hall–Kier alpha value is -1.98. The molecule has 2 unspecified atom stereocenters. The van der Waals surface area contributed by atoms with Crippen LogP contribution in [0.25, 0.3) is 0 Å². The van der Waals surface area contributed by atoms with Crippen LogP contribution >= 0.6 is 0 Å². The van der Waals surface area contributed by atoms with Gasteiger partial charge in [-0.2, -0.15) is 0 Å². The predicted molar refractivity (Wildman–Crippen MR) is 59.1 cm³/mol. The largest absolute Gasteiger partial charge is 0.473 e. The fourth-order valence-electron chi connectivity index (χ4n) is 1.71. The molecular weight excluding hydrogens is 244 g/mol. The van der Waals surface area contributed by atoms with Crippen LogP contribution in [0.3, 0.4) is 0 Å². The number of carbonyl (C=O) groups excluding carboxylic acids is 1. The third-order valence-corrected chi connectivity index (χ3v) is 2.53. The Morgan fingerprint density at radius 3 is 3.00 bits per heavy atom. The fourth-order valence-corrected chi connectivity index (χ4v) is 1.71. The third kappa shape index (κ3) is 2.18. The lowest BCUT2D eigenvalue weighted by molar-refractivity contribution is -0.146. The summed E-state index contributed by atoms with van der Waals surface area (Å²) < 4.78 is 36.6. The zero-order chi connectivity index (χ0) is 13.1. The number of ether oxygens (including phenoxy) is 2. The molecule has 6 heteroatoms. The van der Waals surface area contributed by atoms with Crippen molar-refractivity contribution in [2.75, 3.05) is 6.61 Å². The molecular formula is C12H11F2NO3. The number of rotatable bonds is 3. The van der Waals surface area contributed by atoms with Crippen LogP contribution in [-0.4, -0.2) is 25.0 Å². The van der Waals surface area contributed by atoms with Gasteiger partial charge in [0.05, 0.1) is 6.61 Å². The highest BCUT2D eigenvalue weighted by molar-refractivity contribution is 5.80. The Bertz CT molecular complexity index is 490. The van der Waals surface area contributed by atoms with Gasteiger partial charge >= 0.3 is 5.97 Å². The number of nitrogens with zero attached hydrogens (tertiary/aromatic N) is 1. The fraction of sp³-hybridized carbons (Fsp3) is 0.333. The van der Waals surface area contributed by atoms with Crippen molar-refractivity contribution in [3.8, 4) is 0 Å². The average molecular weight is 255 g/mol. The van der Waals surface area contributed by atoms with Gasteiger partial charge in [0.1, 0.15) is 0 Å². The van der Waals surface area contributed by atoms with Gasteiger partial charge in [-0.25, -0.2) is 18.6 Å². The molecule has 0 amide bonds. The first-order valence-electron chi connectivity index (χ1n) is 5.42. The molecule has 0 saturated heterocycles. The molecule has 1 heterocycles. The maximum Gasteiger partial charge on any atom is 0.335 e.